The fourth-order valence-corrected chi connectivity index (χ4v) is 1.79. The molecule has 0 aliphatic carbocycles. The van der Waals surface area contributed by atoms with Crippen LogP contribution in [-0.4, -0.2) is 36.1 Å². The molecule has 1 fully saturated rings. The minimum Gasteiger partial charge on any atom is -0.435 e. The molecule has 5 nitrogen and oxygen atoms in total. The molecule has 0 spiro atoms. The molecule has 1 atom stereocenters. The Morgan fingerprint density at radius 3 is 2.50 bits per heavy atom. The molecule has 18 heavy (non-hydrogen) atoms. The molecule has 1 aliphatic heterocycles. The molecule has 98 valence electrons. The first kappa shape index (κ1) is 14.5. The molecular weight excluding hydrogens is 256 g/mol. The monoisotopic (exact) mass is 270 g/mol. The number of hydrogen-bond acceptors (Lipinski definition) is 4. The van der Waals surface area contributed by atoms with Crippen molar-refractivity contribution in [3.05, 3.63) is 35.9 Å². The van der Waals surface area contributed by atoms with Gasteiger partial charge in [-0.15, -0.1) is 12.4 Å². The van der Waals surface area contributed by atoms with Crippen molar-refractivity contribution >= 4 is 24.4 Å². The van der Waals surface area contributed by atoms with E-state index < -0.39 is 12.2 Å². The molecule has 1 heterocycles. The number of cyclic esters (lactones) is 1. The average Bonchev–Trinajstić information content (AvgIpc) is 2.59. The Morgan fingerprint density at radius 1 is 1.22 bits per heavy atom. The van der Waals surface area contributed by atoms with Crippen molar-refractivity contribution in [1.82, 2.24) is 4.90 Å². The summed E-state index contributed by atoms with van der Waals surface area (Å²) in [5, 5.41) is 0. The third kappa shape index (κ3) is 3.00. The zero-order valence-electron chi connectivity index (χ0n) is 9.74. The van der Waals surface area contributed by atoms with Crippen molar-refractivity contribution in [2.75, 3.05) is 13.1 Å². The van der Waals surface area contributed by atoms with E-state index in [4.69, 9.17) is 10.5 Å². The summed E-state index contributed by atoms with van der Waals surface area (Å²) >= 11 is 0. The molecule has 2 N–H and O–H groups in total. The lowest BCUT2D eigenvalue weighted by atomic mass is 10.1. The summed E-state index contributed by atoms with van der Waals surface area (Å²) in [6, 6.07) is 9.45. The number of nitrogens with two attached hydrogens (primary N) is 1. The van der Waals surface area contributed by atoms with Gasteiger partial charge in [0.1, 0.15) is 0 Å². The first-order valence-electron chi connectivity index (χ1n) is 5.48. The first-order chi connectivity index (χ1) is 8.22. The molecule has 2 amide bonds. The van der Waals surface area contributed by atoms with Crippen molar-refractivity contribution in [1.29, 1.82) is 0 Å². The van der Waals surface area contributed by atoms with Gasteiger partial charge >= 0.3 is 6.09 Å². The molecule has 1 saturated heterocycles. The number of carbonyl (C=O) groups is 2. The summed E-state index contributed by atoms with van der Waals surface area (Å²) in [6.07, 6.45) is -0.898. The lowest BCUT2D eigenvalue weighted by Gasteiger charge is -2.08. The van der Waals surface area contributed by atoms with Crippen molar-refractivity contribution in [2.24, 2.45) is 5.73 Å². The van der Waals surface area contributed by atoms with E-state index in [9.17, 15) is 9.59 Å². The smallest absolute Gasteiger partial charge is 0.417 e. The van der Waals surface area contributed by atoms with E-state index in [0.717, 1.165) is 10.5 Å². The van der Waals surface area contributed by atoms with E-state index >= 15 is 0 Å². The number of carbonyl (C=O) groups excluding carboxylic acids is 2. The molecule has 1 unspecified atom stereocenters. The Labute approximate surface area is 111 Å². The maximum absolute atomic E-state index is 11.8. The van der Waals surface area contributed by atoms with E-state index in [1.54, 1.807) is 0 Å². The van der Waals surface area contributed by atoms with Gasteiger partial charge in [-0.05, 0) is 5.56 Å². The van der Waals surface area contributed by atoms with Crippen LogP contribution in [0.15, 0.2) is 30.3 Å². The number of imide groups is 1. The van der Waals surface area contributed by atoms with Crippen molar-refractivity contribution in [3.63, 3.8) is 0 Å². The maximum Gasteiger partial charge on any atom is 0.417 e. The fourth-order valence-electron chi connectivity index (χ4n) is 1.79. The highest BCUT2D eigenvalue weighted by Crippen LogP contribution is 2.16. The number of benzene rings is 1. The van der Waals surface area contributed by atoms with Crippen LogP contribution < -0.4 is 5.73 Å². The zero-order chi connectivity index (χ0) is 12.3. The highest BCUT2D eigenvalue weighted by molar-refractivity contribution is 6.00. The van der Waals surface area contributed by atoms with Crippen LogP contribution in [0.2, 0.25) is 0 Å². The number of nitrogens with zero attached hydrogens (tertiary/aromatic N) is 1. The van der Waals surface area contributed by atoms with Crippen LogP contribution >= 0.6 is 12.4 Å². The van der Waals surface area contributed by atoms with Crippen LogP contribution in [0.5, 0.6) is 0 Å². The van der Waals surface area contributed by atoms with Gasteiger partial charge < -0.3 is 10.5 Å². The minimum absolute atomic E-state index is 0. The molecular formula is C12H15ClN2O3. The summed E-state index contributed by atoms with van der Waals surface area (Å²) < 4.78 is 5.02. The molecule has 1 aliphatic rings. The van der Waals surface area contributed by atoms with Gasteiger partial charge in [0, 0.05) is 19.5 Å². The summed E-state index contributed by atoms with van der Waals surface area (Å²) in [7, 11) is 0. The lowest BCUT2D eigenvalue weighted by Crippen LogP contribution is -2.36. The Bertz CT molecular complexity index is 425. The normalized spacial score (nSPS) is 18.5. The quantitative estimate of drug-likeness (QED) is 0.884. The van der Waals surface area contributed by atoms with Gasteiger partial charge in [0.25, 0.3) is 5.91 Å². The van der Waals surface area contributed by atoms with Crippen molar-refractivity contribution in [3.8, 4) is 0 Å². The number of rotatable bonds is 4. The standard InChI is InChI=1S/C12H14N2O3.ClH/c13-6-7-14-11(15)10(17-12(14)16)8-9-4-2-1-3-5-9;/h1-5,10H,6-8,13H2;1H. The van der Waals surface area contributed by atoms with Gasteiger partial charge in [-0.25, -0.2) is 9.69 Å². The number of hydrogen-bond donors (Lipinski definition) is 1. The van der Waals surface area contributed by atoms with Crippen LogP contribution in [0, 0.1) is 0 Å². The number of ether oxygens (including phenoxy) is 1. The molecule has 1 aromatic rings. The van der Waals surface area contributed by atoms with Gasteiger partial charge in [-0.3, -0.25) is 4.79 Å². The third-order valence-electron chi connectivity index (χ3n) is 2.62. The van der Waals surface area contributed by atoms with Gasteiger partial charge in [0.2, 0.25) is 0 Å². The van der Waals surface area contributed by atoms with E-state index in [1.165, 1.54) is 0 Å². The molecule has 2 rings (SSSR count). The maximum atomic E-state index is 11.8. The van der Waals surface area contributed by atoms with E-state index in [-0.39, 0.29) is 31.4 Å². The topological polar surface area (TPSA) is 72.6 Å². The summed E-state index contributed by atoms with van der Waals surface area (Å²) in [6.45, 7) is 0.460. The number of halogens is 1. The Kier molecular flexibility index (Phi) is 5.12. The molecule has 1 aromatic carbocycles. The molecule has 0 bridgehead atoms. The Hall–Kier alpha value is -1.59. The van der Waals surface area contributed by atoms with Crippen LogP contribution in [0.1, 0.15) is 5.56 Å². The Morgan fingerprint density at radius 2 is 1.89 bits per heavy atom. The SMILES string of the molecule is Cl.NCCN1C(=O)OC(Cc2ccccc2)C1=O. The van der Waals surface area contributed by atoms with Crippen molar-refractivity contribution in [2.45, 2.75) is 12.5 Å². The van der Waals surface area contributed by atoms with Crippen LogP contribution in [0.4, 0.5) is 4.79 Å². The minimum atomic E-state index is -0.712. The van der Waals surface area contributed by atoms with Gasteiger partial charge in [-0.2, -0.15) is 0 Å². The highest BCUT2D eigenvalue weighted by atomic mass is 35.5. The second kappa shape index (κ2) is 6.37. The van der Waals surface area contributed by atoms with E-state index in [0.29, 0.717) is 6.42 Å². The second-order valence-corrected chi connectivity index (χ2v) is 3.84. The lowest BCUT2D eigenvalue weighted by molar-refractivity contribution is -0.129. The van der Waals surface area contributed by atoms with Crippen molar-refractivity contribution < 1.29 is 14.3 Å². The summed E-state index contributed by atoms with van der Waals surface area (Å²) in [4.78, 5) is 24.3. The Balaban J connectivity index is 0.00000162. The summed E-state index contributed by atoms with van der Waals surface area (Å²) in [5.74, 6) is -0.302. The second-order valence-electron chi connectivity index (χ2n) is 3.84. The van der Waals surface area contributed by atoms with E-state index in [1.807, 2.05) is 30.3 Å². The van der Waals surface area contributed by atoms with Gasteiger partial charge in [0.05, 0.1) is 0 Å². The predicted molar refractivity (Wildman–Crippen MR) is 68.4 cm³/mol. The molecule has 0 aromatic heterocycles. The molecule has 6 heteroatoms. The number of amides is 2. The van der Waals surface area contributed by atoms with Gasteiger partial charge in [-0.1, -0.05) is 30.3 Å². The first-order valence-corrected chi connectivity index (χ1v) is 5.48. The fraction of sp³-hybridized carbons (Fsp3) is 0.333. The van der Waals surface area contributed by atoms with Gasteiger partial charge in [0.15, 0.2) is 6.10 Å². The predicted octanol–water partition coefficient (Wildman–Crippen LogP) is 0.957. The molecule has 0 saturated carbocycles. The molecule has 0 radical (unpaired) electrons. The third-order valence-corrected chi connectivity index (χ3v) is 2.62. The summed E-state index contributed by atoms with van der Waals surface area (Å²) in [5.41, 5.74) is 6.30. The van der Waals surface area contributed by atoms with Crippen LogP contribution in [-0.2, 0) is 16.0 Å². The average molecular weight is 271 g/mol. The van der Waals surface area contributed by atoms with Crippen LogP contribution in [0.25, 0.3) is 0 Å². The zero-order valence-corrected chi connectivity index (χ0v) is 10.6. The van der Waals surface area contributed by atoms with E-state index in [2.05, 4.69) is 0 Å². The van der Waals surface area contributed by atoms with Crippen LogP contribution in [0.3, 0.4) is 0 Å². The highest BCUT2D eigenvalue weighted by Gasteiger charge is 2.39. The largest absolute Gasteiger partial charge is 0.435 e.